The zero-order valence-electron chi connectivity index (χ0n) is 34.2. The van der Waals surface area contributed by atoms with Gasteiger partial charge in [0.2, 0.25) is 0 Å². The quantitative estimate of drug-likeness (QED) is 0.156. The Morgan fingerprint density at radius 1 is 0.333 bits per heavy atom. The lowest BCUT2D eigenvalue weighted by Gasteiger charge is -2.28. The molecule has 11 aromatic carbocycles. The highest BCUT2D eigenvalue weighted by Gasteiger charge is 2.20. The number of hydrogen-bond acceptors (Lipinski definition) is 2. The Hall–Kier alpha value is -8.40. The number of benzene rings is 11. The van der Waals surface area contributed by atoms with Crippen molar-refractivity contribution in [2.24, 2.45) is 0 Å². The van der Waals surface area contributed by atoms with Crippen molar-refractivity contribution in [2.45, 2.75) is 0 Å². The summed E-state index contributed by atoms with van der Waals surface area (Å²) in [5.41, 5.74) is 13.2. The molecular weight excluding hydrogens is 765 g/mol. The van der Waals surface area contributed by atoms with Crippen LogP contribution in [0.3, 0.4) is 0 Å². The number of anilines is 3. The number of furan rings is 1. The minimum atomic E-state index is 0.888. The monoisotopic (exact) mass is 802 g/mol. The van der Waals surface area contributed by atoms with Crippen molar-refractivity contribution in [3.8, 4) is 27.9 Å². The fourth-order valence-corrected chi connectivity index (χ4v) is 9.97. The fraction of sp³-hybridized carbons (Fsp3) is 0. The predicted molar refractivity (Wildman–Crippen MR) is 266 cm³/mol. The van der Waals surface area contributed by atoms with Crippen LogP contribution in [0.4, 0.5) is 17.1 Å². The van der Waals surface area contributed by atoms with Crippen molar-refractivity contribution in [1.82, 2.24) is 4.57 Å². The number of nitrogens with zero attached hydrogens (tertiary/aromatic N) is 2. The lowest BCUT2D eigenvalue weighted by atomic mass is 9.98. The van der Waals surface area contributed by atoms with Gasteiger partial charge in [-0.25, -0.2) is 0 Å². The first-order valence-corrected chi connectivity index (χ1v) is 21.6. The van der Waals surface area contributed by atoms with E-state index in [2.05, 4.69) is 240 Å². The molecule has 0 unspecified atom stereocenters. The van der Waals surface area contributed by atoms with E-state index < -0.39 is 0 Å². The maximum atomic E-state index is 6.55. The van der Waals surface area contributed by atoms with E-state index in [-0.39, 0.29) is 0 Å². The normalized spacial score (nSPS) is 11.8. The van der Waals surface area contributed by atoms with Crippen molar-refractivity contribution >= 4 is 93.1 Å². The van der Waals surface area contributed by atoms with E-state index in [0.29, 0.717) is 0 Å². The summed E-state index contributed by atoms with van der Waals surface area (Å²) in [5.74, 6) is 0. The number of fused-ring (bicyclic) bond motifs is 11. The summed E-state index contributed by atoms with van der Waals surface area (Å²) in [4.78, 5) is 2.42. The molecule has 0 aliphatic carbocycles. The van der Waals surface area contributed by atoms with Crippen molar-refractivity contribution in [1.29, 1.82) is 0 Å². The van der Waals surface area contributed by atoms with E-state index >= 15 is 0 Å². The van der Waals surface area contributed by atoms with Crippen LogP contribution in [-0.4, -0.2) is 4.57 Å². The molecule has 0 amide bonds. The summed E-state index contributed by atoms with van der Waals surface area (Å²) in [6.07, 6.45) is 0. The maximum Gasteiger partial charge on any atom is 0.143 e. The highest BCUT2D eigenvalue weighted by Crippen LogP contribution is 2.45. The Balaban J connectivity index is 0.963. The molecule has 2 aromatic heterocycles. The Morgan fingerprint density at radius 2 is 0.937 bits per heavy atom. The van der Waals surface area contributed by atoms with Gasteiger partial charge in [-0.05, 0) is 116 Å². The van der Waals surface area contributed by atoms with Crippen molar-refractivity contribution < 1.29 is 4.42 Å². The molecule has 0 N–H and O–H groups in total. The molecular formula is C60H38N2O. The molecule has 13 aromatic rings. The minimum Gasteiger partial charge on any atom is -0.455 e. The van der Waals surface area contributed by atoms with Crippen LogP contribution in [0.2, 0.25) is 0 Å². The molecule has 3 heteroatoms. The molecule has 2 heterocycles. The third-order valence-electron chi connectivity index (χ3n) is 12.9. The first-order chi connectivity index (χ1) is 31.2. The van der Waals surface area contributed by atoms with E-state index in [9.17, 15) is 0 Å². The van der Waals surface area contributed by atoms with Crippen LogP contribution in [0.15, 0.2) is 235 Å². The van der Waals surface area contributed by atoms with Gasteiger partial charge in [0.25, 0.3) is 0 Å². The standard InChI is InChI=1S/C60H38N2O/c1-3-16-48-40(12-1)24-25-42-28-33-47(38-54(42)48)61(56-21-8-5-17-49(56)44-30-35-59-55(37-44)53-34-29-41-13-2-4-18-50(41)60(53)63-59)45-31-26-39(27-32-45)43-14-11-15-46(36-43)62-57-22-9-6-19-51(57)52-20-7-10-23-58(52)62/h1-38H. The molecule has 0 bridgehead atoms. The van der Waals surface area contributed by atoms with Crippen molar-refractivity contribution in [3.05, 3.63) is 231 Å². The summed E-state index contributed by atoms with van der Waals surface area (Å²) >= 11 is 0. The SMILES string of the molecule is c1cc(-c2ccc(N(c3ccc4ccc5ccccc5c4c3)c3ccccc3-c3ccc4oc5c6ccccc6ccc5c4c3)cc2)cc(-n2c3ccccc3c3ccccc32)c1. The second-order valence-corrected chi connectivity index (χ2v) is 16.5. The van der Waals surface area contributed by atoms with Crippen LogP contribution >= 0.6 is 0 Å². The van der Waals surface area contributed by atoms with Gasteiger partial charge in [-0.1, -0.05) is 158 Å². The van der Waals surface area contributed by atoms with Crippen LogP contribution in [-0.2, 0) is 0 Å². The van der Waals surface area contributed by atoms with Crippen molar-refractivity contribution in [2.75, 3.05) is 4.90 Å². The Bertz CT molecular complexity index is 3870. The lowest BCUT2D eigenvalue weighted by Crippen LogP contribution is -2.11. The average molecular weight is 803 g/mol. The molecule has 13 rings (SSSR count). The second-order valence-electron chi connectivity index (χ2n) is 16.5. The van der Waals surface area contributed by atoms with Gasteiger partial charge in [-0.3, -0.25) is 0 Å². The first kappa shape index (κ1) is 35.4. The molecule has 0 saturated carbocycles. The maximum absolute atomic E-state index is 6.55. The van der Waals surface area contributed by atoms with E-state index in [1.165, 1.54) is 54.3 Å². The van der Waals surface area contributed by atoms with E-state index in [1.54, 1.807) is 0 Å². The molecule has 63 heavy (non-hydrogen) atoms. The lowest BCUT2D eigenvalue weighted by molar-refractivity contribution is 0.672. The molecule has 0 saturated heterocycles. The highest BCUT2D eigenvalue weighted by atomic mass is 16.3. The number of para-hydroxylation sites is 3. The first-order valence-electron chi connectivity index (χ1n) is 21.6. The van der Waals surface area contributed by atoms with Gasteiger partial charge in [0.15, 0.2) is 0 Å². The van der Waals surface area contributed by atoms with Gasteiger partial charge < -0.3 is 13.9 Å². The van der Waals surface area contributed by atoms with E-state index in [0.717, 1.165) is 66.8 Å². The minimum absolute atomic E-state index is 0.888. The van der Waals surface area contributed by atoms with Crippen LogP contribution in [0, 0.1) is 0 Å². The van der Waals surface area contributed by atoms with Gasteiger partial charge in [-0.2, -0.15) is 0 Å². The Labute approximate surface area is 363 Å². The molecule has 0 fully saturated rings. The third kappa shape index (κ3) is 5.67. The molecule has 0 spiro atoms. The highest BCUT2D eigenvalue weighted by molar-refractivity contribution is 6.16. The van der Waals surface area contributed by atoms with Gasteiger partial charge in [0.05, 0.1) is 16.7 Å². The molecule has 0 radical (unpaired) electrons. The van der Waals surface area contributed by atoms with E-state index in [1.807, 2.05) is 0 Å². The van der Waals surface area contributed by atoms with Crippen LogP contribution in [0.25, 0.3) is 104 Å². The largest absolute Gasteiger partial charge is 0.455 e. The Kier molecular flexibility index (Phi) is 7.91. The topological polar surface area (TPSA) is 21.3 Å². The molecule has 0 aliphatic heterocycles. The van der Waals surface area contributed by atoms with Gasteiger partial charge in [-0.15, -0.1) is 0 Å². The summed E-state index contributed by atoms with van der Waals surface area (Å²) in [6.45, 7) is 0. The second kappa shape index (κ2) is 14.1. The fourth-order valence-electron chi connectivity index (χ4n) is 9.97. The van der Waals surface area contributed by atoms with Crippen LogP contribution < -0.4 is 4.90 Å². The summed E-state index contributed by atoms with van der Waals surface area (Å²) in [5, 5.41) is 12.0. The molecule has 0 atom stereocenters. The van der Waals surface area contributed by atoms with Crippen LogP contribution in [0.5, 0.6) is 0 Å². The van der Waals surface area contributed by atoms with Gasteiger partial charge in [0, 0.05) is 49.6 Å². The molecule has 294 valence electrons. The summed E-state index contributed by atoms with van der Waals surface area (Å²) in [6, 6.07) is 83.6. The summed E-state index contributed by atoms with van der Waals surface area (Å²) < 4.78 is 8.94. The number of aromatic nitrogens is 1. The summed E-state index contributed by atoms with van der Waals surface area (Å²) in [7, 11) is 0. The predicted octanol–water partition coefficient (Wildman–Crippen LogP) is 16.9. The molecule has 0 aliphatic rings. The number of hydrogen-bond donors (Lipinski definition) is 0. The zero-order chi connectivity index (χ0) is 41.4. The van der Waals surface area contributed by atoms with Crippen molar-refractivity contribution in [3.63, 3.8) is 0 Å². The molecule has 3 nitrogen and oxygen atoms in total. The average Bonchev–Trinajstić information content (AvgIpc) is 3.90. The number of rotatable bonds is 6. The van der Waals surface area contributed by atoms with Crippen LogP contribution in [0.1, 0.15) is 0 Å². The Morgan fingerprint density at radius 3 is 1.73 bits per heavy atom. The van der Waals surface area contributed by atoms with Gasteiger partial charge in [0.1, 0.15) is 11.2 Å². The van der Waals surface area contributed by atoms with E-state index in [4.69, 9.17) is 4.42 Å². The smallest absolute Gasteiger partial charge is 0.143 e. The zero-order valence-corrected chi connectivity index (χ0v) is 34.2. The van der Waals surface area contributed by atoms with Gasteiger partial charge >= 0.3 is 0 Å². The third-order valence-corrected chi connectivity index (χ3v) is 12.9.